The first-order chi connectivity index (χ1) is 9.19. The van der Waals surface area contributed by atoms with Crippen LogP contribution in [0.4, 0.5) is 0 Å². The lowest BCUT2D eigenvalue weighted by Crippen LogP contribution is -2.31. The highest BCUT2D eigenvalue weighted by Crippen LogP contribution is 2.20. The van der Waals surface area contributed by atoms with Crippen molar-refractivity contribution in [1.29, 1.82) is 0 Å². The van der Waals surface area contributed by atoms with Crippen LogP contribution in [-0.4, -0.2) is 62.0 Å². The Kier molecular flexibility index (Phi) is 10.6. The number of hydrogen-bond donors (Lipinski definition) is 1. The van der Waals surface area contributed by atoms with E-state index in [4.69, 9.17) is 0 Å². The number of nitrogens with zero attached hydrogens (tertiary/aromatic N) is 2. The Morgan fingerprint density at radius 2 is 2.05 bits per heavy atom. The van der Waals surface area contributed by atoms with Crippen molar-refractivity contribution in [3.63, 3.8) is 0 Å². The monoisotopic (exact) mass is 339 g/mol. The third-order valence-electron chi connectivity index (χ3n) is 4.68. The molecule has 2 atom stereocenters. The molecule has 126 valence electrons. The van der Waals surface area contributed by atoms with Crippen LogP contribution in [0, 0.1) is 11.8 Å². The predicted molar refractivity (Wildman–Crippen MR) is 92.6 cm³/mol. The summed E-state index contributed by atoms with van der Waals surface area (Å²) in [7, 11) is 2.16. The van der Waals surface area contributed by atoms with Crippen LogP contribution >= 0.6 is 24.8 Å². The van der Waals surface area contributed by atoms with Gasteiger partial charge in [-0.05, 0) is 57.8 Å². The standard InChI is InChI=1S/C15H29N3O.2ClH/c1-3-17(2)11-14-7-9-18(12-14)15(19)5-4-13-6-8-16-10-13;;/h13-14,16H,3-12H2,1-2H3;2*1H. The van der Waals surface area contributed by atoms with E-state index in [1.807, 2.05) is 0 Å². The van der Waals surface area contributed by atoms with E-state index in [0.717, 1.165) is 58.0 Å². The molecular weight excluding hydrogens is 309 g/mol. The molecule has 6 heteroatoms. The number of carbonyl (C=O) groups is 1. The zero-order chi connectivity index (χ0) is 13.7. The normalized spacial score (nSPS) is 24.8. The first-order valence-electron chi connectivity index (χ1n) is 7.86. The number of rotatable bonds is 6. The van der Waals surface area contributed by atoms with Gasteiger partial charge in [-0.1, -0.05) is 6.92 Å². The second kappa shape index (κ2) is 10.7. The summed E-state index contributed by atoms with van der Waals surface area (Å²) in [4.78, 5) is 16.6. The van der Waals surface area contributed by atoms with Crippen LogP contribution in [0.5, 0.6) is 0 Å². The van der Waals surface area contributed by atoms with Crippen LogP contribution in [0.15, 0.2) is 0 Å². The summed E-state index contributed by atoms with van der Waals surface area (Å²) in [5, 5.41) is 3.37. The summed E-state index contributed by atoms with van der Waals surface area (Å²) >= 11 is 0. The third kappa shape index (κ3) is 6.72. The van der Waals surface area contributed by atoms with Gasteiger partial charge in [0.1, 0.15) is 0 Å². The second-order valence-electron chi connectivity index (χ2n) is 6.25. The predicted octanol–water partition coefficient (Wildman–Crippen LogP) is 2.02. The topological polar surface area (TPSA) is 35.6 Å². The van der Waals surface area contributed by atoms with Crippen molar-refractivity contribution in [2.24, 2.45) is 11.8 Å². The number of carbonyl (C=O) groups excluding carboxylic acids is 1. The highest BCUT2D eigenvalue weighted by Gasteiger charge is 2.27. The summed E-state index contributed by atoms with van der Waals surface area (Å²) in [5.74, 6) is 1.80. The second-order valence-corrected chi connectivity index (χ2v) is 6.25. The van der Waals surface area contributed by atoms with E-state index in [0.29, 0.717) is 11.8 Å². The smallest absolute Gasteiger partial charge is 0.222 e. The molecule has 0 aliphatic carbocycles. The molecule has 0 radical (unpaired) electrons. The van der Waals surface area contributed by atoms with Gasteiger partial charge in [0.2, 0.25) is 5.91 Å². The van der Waals surface area contributed by atoms with Crippen LogP contribution in [0.3, 0.4) is 0 Å². The third-order valence-corrected chi connectivity index (χ3v) is 4.68. The van der Waals surface area contributed by atoms with Crippen LogP contribution in [0.25, 0.3) is 0 Å². The average molecular weight is 340 g/mol. The summed E-state index contributed by atoms with van der Waals surface area (Å²) in [6, 6.07) is 0. The maximum absolute atomic E-state index is 12.2. The maximum Gasteiger partial charge on any atom is 0.222 e. The minimum Gasteiger partial charge on any atom is -0.342 e. The van der Waals surface area contributed by atoms with Crippen molar-refractivity contribution in [1.82, 2.24) is 15.1 Å². The van der Waals surface area contributed by atoms with E-state index in [9.17, 15) is 4.79 Å². The minimum atomic E-state index is 0. The van der Waals surface area contributed by atoms with Crippen LogP contribution < -0.4 is 5.32 Å². The number of amides is 1. The van der Waals surface area contributed by atoms with Crippen LogP contribution in [-0.2, 0) is 4.79 Å². The van der Waals surface area contributed by atoms with E-state index in [1.54, 1.807) is 0 Å². The van der Waals surface area contributed by atoms with E-state index in [1.165, 1.54) is 12.8 Å². The zero-order valence-corrected chi connectivity index (χ0v) is 15.0. The van der Waals surface area contributed by atoms with Gasteiger partial charge in [0.25, 0.3) is 0 Å². The van der Waals surface area contributed by atoms with Crippen molar-refractivity contribution >= 4 is 30.7 Å². The Morgan fingerprint density at radius 3 is 2.67 bits per heavy atom. The molecule has 2 heterocycles. The SMILES string of the molecule is CCN(C)CC1CCN(C(=O)CCC2CCNC2)C1.Cl.Cl. The zero-order valence-electron chi connectivity index (χ0n) is 13.3. The fourth-order valence-electron chi connectivity index (χ4n) is 3.22. The maximum atomic E-state index is 12.2. The fourth-order valence-corrected chi connectivity index (χ4v) is 3.22. The van der Waals surface area contributed by atoms with Gasteiger partial charge in [-0.2, -0.15) is 0 Å². The molecule has 0 spiro atoms. The molecule has 2 fully saturated rings. The molecule has 0 bridgehead atoms. The molecule has 2 saturated heterocycles. The Bertz CT molecular complexity index is 299. The molecule has 0 aromatic rings. The Morgan fingerprint density at radius 1 is 1.29 bits per heavy atom. The number of hydrogen-bond acceptors (Lipinski definition) is 3. The molecule has 1 N–H and O–H groups in total. The summed E-state index contributed by atoms with van der Waals surface area (Å²) in [6.45, 7) is 8.61. The van der Waals surface area contributed by atoms with Crippen molar-refractivity contribution < 1.29 is 4.79 Å². The molecule has 2 unspecified atom stereocenters. The first-order valence-corrected chi connectivity index (χ1v) is 7.86. The first kappa shape index (κ1) is 21.0. The fraction of sp³-hybridized carbons (Fsp3) is 0.933. The lowest BCUT2D eigenvalue weighted by atomic mass is 10.0. The van der Waals surface area contributed by atoms with Gasteiger partial charge in [0.05, 0.1) is 0 Å². The average Bonchev–Trinajstić information content (AvgIpc) is 3.07. The number of likely N-dealkylation sites (tertiary alicyclic amines) is 1. The van der Waals surface area contributed by atoms with Gasteiger partial charge in [-0.3, -0.25) is 4.79 Å². The molecule has 21 heavy (non-hydrogen) atoms. The lowest BCUT2D eigenvalue weighted by molar-refractivity contribution is -0.130. The van der Waals surface area contributed by atoms with Crippen LogP contribution in [0.2, 0.25) is 0 Å². The molecule has 2 aliphatic rings. The minimum absolute atomic E-state index is 0. The molecule has 4 nitrogen and oxygen atoms in total. The van der Waals surface area contributed by atoms with Gasteiger partial charge >= 0.3 is 0 Å². The van der Waals surface area contributed by atoms with E-state index < -0.39 is 0 Å². The van der Waals surface area contributed by atoms with Crippen molar-refractivity contribution in [2.45, 2.75) is 32.6 Å². The molecule has 1 amide bonds. The number of halogens is 2. The number of nitrogens with one attached hydrogen (secondary N) is 1. The molecule has 0 aromatic carbocycles. The van der Waals surface area contributed by atoms with E-state index >= 15 is 0 Å². The largest absolute Gasteiger partial charge is 0.342 e. The van der Waals surface area contributed by atoms with Gasteiger partial charge in [-0.25, -0.2) is 0 Å². The Labute approximate surface area is 141 Å². The van der Waals surface area contributed by atoms with Gasteiger partial charge in [0, 0.05) is 26.1 Å². The molecule has 0 aromatic heterocycles. The molecule has 2 rings (SSSR count). The van der Waals surface area contributed by atoms with Crippen LogP contribution in [0.1, 0.15) is 32.6 Å². The van der Waals surface area contributed by atoms with Gasteiger partial charge in [0.15, 0.2) is 0 Å². The quantitative estimate of drug-likeness (QED) is 0.804. The van der Waals surface area contributed by atoms with Crippen molar-refractivity contribution in [3.8, 4) is 0 Å². The Hall–Kier alpha value is -0.0300. The molecule has 2 aliphatic heterocycles. The summed E-state index contributed by atoms with van der Waals surface area (Å²) < 4.78 is 0. The summed E-state index contributed by atoms with van der Waals surface area (Å²) in [6.07, 6.45) is 4.25. The van der Waals surface area contributed by atoms with E-state index in [-0.39, 0.29) is 24.8 Å². The Balaban J connectivity index is 0.00000200. The highest BCUT2D eigenvalue weighted by atomic mass is 35.5. The molecular formula is C15H31Cl2N3O. The lowest BCUT2D eigenvalue weighted by Gasteiger charge is -2.20. The van der Waals surface area contributed by atoms with Gasteiger partial charge < -0.3 is 15.1 Å². The van der Waals surface area contributed by atoms with Crippen molar-refractivity contribution in [3.05, 3.63) is 0 Å². The van der Waals surface area contributed by atoms with Crippen molar-refractivity contribution in [2.75, 3.05) is 46.3 Å². The highest BCUT2D eigenvalue weighted by molar-refractivity contribution is 5.85. The van der Waals surface area contributed by atoms with E-state index in [2.05, 4.69) is 29.1 Å². The molecule has 0 saturated carbocycles. The van der Waals surface area contributed by atoms with Gasteiger partial charge in [-0.15, -0.1) is 24.8 Å². The summed E-state index contributed by atoms with van der Waals surface area (Å²) in [5.41, 5.74) is 0.